The van der Waals surface area contributed by atoms with E-state index in [1.165, 1.54) is 6.07 Å². The summed E-state index contributed by atoms with van der Waals surface area (Å²) in [6, 6.07) is 3.15. The van der Waals surface area contributed by atoms with Gasteiger partial charge in [-0.2, -0.15) is 0 Å². The molecule has 1 aliphatic rings. The zero-order valence-electron chi connectivity index (χ0n) is 15.6. The van der Waals surface area contributed by atoms with Crippen molar-refractivity contribution in [3.8, 4) is 0 Å². The van der Waals surface area contributed by atoms with Crippen LogP contribution in [-0.2, 0) is 10.4 Å². The van der Waals surface area contributed by atoms with Crippen LogP contribution in [0.2, 0.25) is 0 Å². The summed E-state index contributed by atoms with van der Waals surface area (Å²) < 4.78 is 16.5. The Bertz CT molecular complexity index is 842. The highest BCUT2D eigenvalue weighted by atomic mass is 19.1. The zero-order chi connectivity index (χ0) is 19.3. The van der Waals surface area contributed by atoms with Crippen LogP contribution >= 0.6 is 0 Å². The Kier molecular flexibility index (Phi) is 4.56. The first-order chi connectivity index (χ1) is 12.0. The number of fused-ring (bicyclic) bond motifs is 1. The number of aliphatic hydroxyl groups is 2. The van der Waals surface area contributed by atoms with Gasteiger partial charge in [0.05, 0.1) is 23.1 Å². The van der Waals surface area contributed by atoms with E-state index in [0.29, 0.717) is 11.1 Å². The van der Waals surface area contributed by atoms with Gasteiger partial charge in [0.15, 0.2) is 5.82 Å². The number of imidazole rings is 1. The second-order valence-corrected chi connectivity index (χ2v) is 8.31. The molecule has 0 aliphatic heterocycles. The van der Waals surface area contributed by atoms with Gasteiger partial charge in [0.25, 0.3) is 0 Å². The highest BCUT2D eigenvalue weighted by molar-refractivity contribution is 5.92. The zero-order valence-corrected chi connectivity index (χ0v) is 15.6. The van der Waals surface area contributed by atoms with Crippen LogP contribution in [0.4, 0.5) is 10.3 Å². The molecule has 3 N–H and O–H groups in total. The minimum atomic E-state index is -1.19. The quantitative estimate of drug-likeness (QED) is 0.761. The Morgan fingerprint density at radius 3 is 2.46 bits per heavy atom. The van der Waals surface area contributed by atoms with Crippen molar-refractivity contribution in [2.24, 2.45) is 0 Å². The lowest BCUT2D eigenvalue weighted by atomic mass is 9.92. The van der Waals surface area contributed by atoms with E-state index in [4.69, 9.17) is 0 Å². The van der Waals surface area contributed by atoms with Crippen LogP contribution in [0.15, 0.2) is 12.1 Å². The van der Waals surface area contributed by atoms with Crippen molar-refractivity contribution in [1.29, 1.82) is 0 Å². The van der Waals surface area contributed by atoms with Gasteiger partial charge in [0.2, 0.25) is 11.9 Å². The number of aromatic nitrogens is 2. The molecule has 0 radical (unpaired) electrons. The van der Waals surface area contributed by atoms with Crippen molar-refractivity contribution in [1.82, 2.24) is 9.55 Å². The molecule has 142 valence electrons. The number of halogens is 1. The predicted molar refractivity (Wildman–Crippen MR) is 97.4 cm³/mol. The molecule has 1 heterocycles. The van der Waals surface area contributed by atoms with Crippen LogP contribution in [0.5, 0.6) is 0 Å². The summed E-state index contributed by atoms with van der Waals surface area (Å²) in [5, 5.41) is 22.8. The fourth-order valence-electron chi connectivity index (χ4n) is 3.17. The molecule has 7 heteroatoms. The molecule has 1 aromatic carbocycles. The predicted octanol–water partition coefficient (Wildman–Crippen LogP) is 3.23. The smallest absolute Gasteiger partial charge is 0.229 e. The number of nitrogens with zero attached hydrogens (tertiary/aromatic N) is 2. The summed E-state index contributed by atoms with van der Waals surface area (Å²) in [6.45, 7) is 6.31. The lowest BCUT2D eigenvalue weighted by Crippen LogP contribution is -2.29. The largest absolute Gasteiger partial charge is 0.390 e. The van der Waals surface area contributed by atoms with Gasteiger partial charge < -0.3 is 14.8 Å². The Labute approximate surface area is 152 Å². The van der Waals surface area contributed by atoms with Crippen molar-refractivity contribution in [3.05, 3.63) is 23.5 Å². The highest BCUT2D eigenvalue weighted by Gasteiger charge is 2.29. The van der Waals surface area contributed by atoms with E-state index in [0.717, 1.165) is 19.3 Å². The molecule has 3 rings (SSSR count). The van der Waals surface area contributed by atoms with E-state index in [-0.39, 0.29) is 29.8 Å². The first kappa shape index (κ1) is 18.8. The first-order valence-corrected chi connectivity index (χ1v) is 8.92. The summed E-state index contributed by atoms with van der Waals surface area (Å²) in [5.74, 6) is -0.627. The Morgan fingerprint density at radius 2 is 1.96 bits per heavy atom. The van der Waals surface area contributed by atoms with Crippen molar-refractivity contribution >= 4 is 22.9 Å². The highest BCUT2D eigenvalue weighted by Crippen LogP contribution is 2.39. The molecule has 0 spiro atoms. The first-order valence-electron chi connectivity index (χ1n) is 8.92. The van der Waals surface area contributed by atoms with Gasteiger partial charge in [-0.05, 0) is 64.7 Å². The number of amides is 1. The topological polar surface area (TPSA) is 87.4 Å². The van der Waals surface area contributed by atoms with Crippen LogP contribution < -0.4 is 5.32 Å². The van der Waals surface area contributed by atoms with Crippen LogP contribution in [0.25, 0.3) is 11.0 Å². The molecule has 0 bridgehead atoms. The summed E-state index contributed by atoms with van der Waals surface area (Å²) in [4.78, 5) is 16.5. The van der Waals surface area contributed by atoms with E-state index in [1.807, 2.05) is 4.57 Å². The number of anilines is 1. The fourth-order valence-corrected chi connectivity index (χ4v) is 3.17. The molecule has 0 atom stereocenters. The summed E-state index contributed by atoms with van der Waals surface area (Å²) >= 11 is 0. The van der Waals surface area contributed by atoms with E-state index in [9.17, 15) is 19.4 Å². The van der Waals surface area contributed by atoms with Gasteiger partial charge in [-0.15, -0.1) is 0 Å². The molecule has 2 aromatic rings. The third-order valence-electron chi connectivity index (χ3n) is 4.74. The van der Waals surface area contributed by atoms with Gasteiger partial charge in [0.1, 0.15) is 5.52 Å². The van der Waals surface area contributed by atoms with E-state index in [2.05, 4.69) is 10.3 Å². The number of nitrogens with one attached hydrogen (secondary N) is 1. The Morgan fingerprint density at radius 1 is 1.31 bits per heavy atom. The maximum absolute atomic E-state index is 14.6. The summed E-state index contributed by atoms with van der Waals surface area (Å²) in [5.41, 5.74) is -1.14. The average Bonchev–Trinajstić information content (AvgIpc) is 2.73. The standard InChI is InChI=1S/C19H26FN3O3/c1-18(2,25)10-15(24)21-17-22-16-13(20)8-11(19(3,4)26)9-14(16)23(17)12-6-5-7-12/h8-9,12,25-26H,5-7,10H2,1-4H3,(H,21,22,24). The third kappa shape index (κ3) is 3.73. The molecular weight excluding hydrogens is 337 g/mol. The minimum absolute atomic E-state index is 0.0850. The van der Waals surface area contributed by atoms with E-state index < -0.39 is 17.0 Å². The van der Waals surface area contributed by atoms with Gasteiger partial charge in [-0.25, -0.2) is 9.37 Å². The molecular formula is C19H26FN3O3. The minimum Gasteiger partial charge on any atom is -0.390 e. The van der Waals surface area contributed by atoms with Gasteiger partial charge in [-0.3, -0.25) is 10.1 Å². The molecule has 1 amide bonds. The van der Waals surface area contributed by atoms with Gasteiger partial charge >= 0.3 is 0 Å². The molecule has 26 heavy (non-hydrogen) atoms. The average molecular weight is 363 g/mol. The van der Waals surface area contributed by atoms with Crippen molar-refractivity contribution < 1.29 is 19.4 Å². The molecule has 1 aliphatic carbocycles. The molecule has 0 saturated heterocycles. The normalized spacial score (nSPS) is 16.0. The molecule has 1 fully saturated rings. The second-order valence-electron chi connectivity index (χ2n) is 8.31. The Balaban J connectivity index is 2.08. The van der Waals surface area contributed by atoms with Crippen LogP contribution in [-0.4, -0.2) is 31.3 Å². The molecule has 1 aromatic heterocycles. The lowest BCUT2D eigenvalue weighted by Gasteiger charge is -2.29. The molecule has 1 saturated carbocycles. The third-order valence-corrected chi connectivity index (χ3v) is 4.74. The van der Waals surface area contributed by atoms with E-state index >= 15 is 0 Å². The van der Waals surface area contributed by atoms with Crippen molar-refractivity contribution in [3.63, 3.8) is 0 Å². The number of carbonyl (C=O) groups is 1. The van der Waals surface area contributed by atoms with Crippen LogP contribution in [0, 0.1) is 5.82 Å². The lowest BCUT2D eigenvalue weighted by molar-refractivity contribution is -0.119. The number of hydrogen-bond donors (Lipinski definition) is 3. The Hall–Kier alpha value is -1.99. The van der Waals surface area contributed by atoms with Gasteiger partial charge in [-0.1, -0.05) is 0 Å². The number of rotatable bonds is 5. The maximum Gasteiger partial charge on any atom is 0.229 e. The maximum atomic E-state index is 14.6. The number of carbonyl (C=O) groups excluding carboxylic acids is 1. The van der Waals surface area contributed by atoms with Crippen molar-refractivity contribution in [2.75, 3.05) is 5.32 Å². The van der Waals surface area contributed by atoms with Crippen LogP contribution in [0.1, 0.15) is 65.0 Å². The number of benzene rings is 1. The second kappa shape index (κ2) is 6.32. The van der Waals surface area contributed by atoms with Gasteiger partial charge in [0, 0.05) is 6.04 Å². The molecule has 6 nitrogen and oxygen atoms in total. The molecule has 0 unspecified atom stereocenters. The number of hydrogen-bond acceptors (Lipinski definition) is 4. The van der Waals surface area contributed by atoms with Crippen molar-refractivity contribution in [2.45, 2.75) is 70.6 Å². The SMILES string of the molecule is CC(C)(O)CC(=O)Nc1nc2c(F)cc(C(C)(C)O)cc2n1C1CCC1. The monoisotopic (exact) mass is 363 g/mol. The summed E-state index contributed by atoms with van der Waals surface area (Å²) in [7, 11) is 0. The van der Waals surface area contributed by atoms with E-state index in [1.54, 1.807) is 33.8 Å². The fraction of sp³-hybridized carbons (Fsp3) is 0.579. The summed E-state index contributed by atoms with van der Waals surface area (Å²) in [6.07, 6.45) is 2.83. The van der Waals surface area contributed by atoms with Crippen LogP contribution in [0.3, 0.4) is 0 Å².